The highest BCUT2D eigenvalue weighted by Gasteiger charge is 2.15. The van der Waals surface area contributed by atoms with Crippen LogP contribution in [0.1, 0.15) is 16.7 Å². The van der Waals surface area contributed by atoms with E-state index in [0.29, 0.717) is 34.2 Å². The highest BCUT2D eigenvalue weighted by Crippen LogP contribution is 2.34. The van der Waals surface area contributed by atoms with Crippen molar-refractivity contribution in [2.75, 3.05) is 19.5 Å². The van der Waals surface area contributed by atoms with E-state index in [9.17, 15) is 10.1 Å². The van der Waals surface area contributed by atoms with Crippen LogP contribution in [0.3, 0.4) is 0 Å². The summed E-state index contributed by atoms with van der Waals surface area (Å²) >= 11 is 6.08. The van der Waals surface area contributed by atoms with Gasteiger partial charge in [-0.25, -0.2) is 0 Å². The topological polar surface area (TPSA) is 71.4 Å². The molecule has 0 saturated carbocycles. The van der Waals surface area contributed by atoms with Gasteiger partial charge in [0, 0.05) is 16.3 Å². The quantitative estimate of drug-likeness (QED) is 0.408. The van der Waals surface area contributed by atoms with Crippen LogP contribution in [0.5, 0.6) is 11.5 Å². The fraction of sp³-hybridized carbons (Fsp3) is 0.182. The normalized spacial score (nSPS) is 10.8. The molecule has 0 atom stereocenters. The smallest absolute Gasteiger partial charge is 0.266 e. The van der Waals surface area contributed by atoms with Crippen molar-refractivity contribution in [2.24, 2.45) is 0 Å². The van der Waals surface area contributed by atoms with Crippen molar-refractivity contribution in [3.8, 4) is 17.6 Å². The van der Waals surface area contributed by atoms with Crippen molar-refractivity contribution in [3.63, 3.8) is 0 Å². The molecule has 0 fully saturated rings. The van der Waals surface area contributed by atoms with Crippen molar-refractivity contribution in [1.29, 1.82) is 5.26 Å². The van der Waals surface area contributed by atoms with Gasteiger partial charge in [0.2, 0.25) is 0 Å². The van der Waals surface area contributed by atoms with E-state index in [4.69, 9.17) is 21.1 Å². The van der Waals surface area contributed by atoms with Gasteiger partial charge in [-0.05, 0) is 54.8 Å². The molecule has 2 aromatic carbocycles. The molecule has 2 rings (SSSR count). The van der Waals surface area contributed by atoms with Gasteiger partial charge in [-0.3, -0.25) is 4.79 Å². The number of amides is 1. The molecule has 0 bridgehead atoms. The van der Waals surface area contributed by atoms with E-state index in [1.807, 2.05) is 12.1 Å². The summed E-state index contributed by atoms with van der Waals surface area (Å²) in [5.41, 5.74) is 2.72. The molecule has 1 amide bonds. The van der Waals surface area contributed by atoms with E-state index < -0.39 is 5.91 Å². The molecule has 144 valence electrons. The van der Waals surface area contributed by atoms with E-state index in [0.717, 1.165) is 11.1 Å². The third kappa shape index (κ3) is 4.73. The number of nitrogens with zero attached hydrogens (tertiary/aromatic N) is 1. The van der Waals surface area contributed by atoms with E-state index in [2.05, 4.69) is 11.9 Å². The Hall–Kier alpha value is -3.23. The Morgan fingerprint density at radius 2 is 2.07 bits per heavy atom. The summed E-state index contributed by atoms with van der Waals surface area (Å²) in [5.74, 6) is 0.585. The molecule has 0 saturated heterocycles. The summed E-state index contributed by atoms with van der Waals surface area (Å²) in [4.78, 5) is 12.6. The van der Waals surface area contributed by atoms with Gasteiger partial charge in [0.1, 0.15) is 11.6 Å². The highest BCUT2D eigenvalue weighted by atomic mass is 35.5. The standard InChI is InChI=1S/C22H21ClN2O3/c1-5-7-16-10-15(12-20(27-3)21(16)28-4)11-17(13-24)22(26)25-19-9-6-8-18(23)14(19)2/h5-6,8-12H,1,7H2,2-4H3,(H,25,26)/b17-11+. The van der Waals surface area contributed by atoms with E-state index >= 15 is 0 Å². The molecule has 1 N–H and O–H groups in total. The zero-order valence-electron chi connectivity index (χ0n) is 16.0. The largest absolute Gasteiger partial charge is 0.493 e. The second-order valence-electron chi connectivity index (χ2n) is 5.94. The lowest BCUT2D eigenvalue weighted by atomic mass is 10.0. The number of benzene rings is 2. The van der Waals surface area contributed by atoms with Crippen molar-refractivity contribution in [2.45, 2.75) is 13.3 Å². The lowest BCUT2D eigenvalue weighted by Crippen LogP contribution is -2.14. The predicted octanol–water partition coefficient (Wildman–Crippen LogP) is 4.94. The van der Waals surface area contributed by atoms with Gasteiger partial charge in [0.15, 0.2) is 11.5 Å². The van der Waals surface area contributed by atoms with E-state index in [1.54, 1.807) is 44.4 Å². The Bertz CT molecular complexity index is 974. The Morgan fingerprint density at radius 1 is 1.32 bits per heavy atom. The molecule has 5 nitrogen and oxygen atoms in total. The van der Waals surface area contributed by atoms with Crippen LogP contribution in [0.2, 0.25) is 5.02 Å². The number of hydrogen-bond acceptors (Lipinski definition) is 4. The molecule has 0 unspecified atom stereocenters. The van der Waals surface area contributed by atoms with Crippen LogP contribution in [0, 0.1) is 18.3 Å². The summed E-state index contributed by atoms with van der Waals surface area (Å²) in [6.45, 7) is 5.54. The third-order valence-electron chi connectivity index (χ3n) is 4.13. The number of nitrogens with one attached hydrogen (secondary N) is 1. The fourth-order valence-corrected chi connectivity index (χ4v) is 2.88. The van der Waals surface area contributed by atoms with Crippen LogP contribution in [0.25, 0.3) is 6.08 Å². The zero-order valence-corrected chi connectivity index (χ0v) is 16.8. The molecule has 0 spiro atoms. The number of carbonyl (C=O) groups is 1. The van der Waals surface area contributed by atoms with Crippen LogP contribution < -0.4 is 14.8 Å². The minimum Gasteiger partial charge on any atom is -0.493 e. The Kier molecular flexibility index (Phi) is 7.25. The maximum Gasteiger partial charge on any atom is 0.266 e. The van der Waals surface area contributed by atoms with Crippen LogP contribution >= 0.6 is 11.6 Å². The number of anilines is 1. The van der Waals surface area contributed by atoms with Gasteiger partial charge >= 0.3 is 0 Å². The molecule has 0 heterocycles. The maximum absolute atomic E-state index is 12.6. The zero-order chi connectivity index (χ0) is 20.7. The molecule has 0 aliphatic rings. The van der Waals surface area contributed by atoms with E-state index in [1.165, 1.54) is 13.2 Å². The molecule has 0 aliphatic carbocycles. The summed E-state index contributed by atoms with van der Waals surface area (Å²) in [7, 11) is 3.09. The monoisotopic (exact) mass is 396 g/mol. The predicted molar refractivity (Wildman–Crippen MR) is 112 cm³/mol. The Labute approximate surface area is 169 Å². The van der Waals surface area contributed by atoms with Gasteiger partial charge in [-0.1, -0.05) is 23.7 Å². The van der Waals surface area contributed by atoms with Gasteiger partial charge < -0.3 is 14.8 Å². The summed E-state index contributed by atoms with van der Waals surface area (Å²) in [6.07, 6.45) is 3.80. The number of allylic oxidation sites excluding steroid dienone is 1. The molecule has 0 radical (unpaired) electrons. The first-order valence-electron chi connectivity index (χ1n) is 8.49. The van der Waals surface area contributed by atoms with Crippen LogP contribution in [0.15, 0.2) is 48.6 Å². The molecule has 6 heteroatoms. The molecule has 28 heavy (non-hydrogen) atoms. The lowest BCUT2D eigenvalue weighted by Gasteiger charge is -2.13. The third-order valence-corrected chi connectivity index (χ3v) is 4.54. The average Bonchev–Trinajstić information content (AvgIpc) is 2.69. The van der Waals surface area contributed by atoms with Crippen molar-refractivity contribution >= 4 is 29.3 Å². The number of nitriles is 1. The van der Waals surface area contributed by atoms with Gasteiger partial charge in [0.05, 0.1) is 14.2 Å². The number of carbonyl (C=O) groups excluding carboxylic acids is 1. The molecule has 0 aromatic heterocycles. The summed E-state index contributed by atoms with van der Waals surface area (Å²) < 4.78 is 10.8. The number of ether oxygens (including phenoxy) is 2. The minimum absolute atomic E-state index is 0.0452. The van der Waals surface area contributed by atoms with Crippen molar-refractivity contribution < 1.29 is 14.3 Å². The van der Waals surface area contributed by atoms with Crippen LogP contribution in [-0.2, 0) is 11.2 Å². The number of methoxy groups -OCH3 is 2. The first-order valence-corrected chi connectivity index (χ1v) is 8.87. The highest BCUT2D eigenvalue weighted by molar-refractivity contribution is 6.31. The minimum atomic E-state index is -0.520. The first-order chi connectivity index (χ1) is 13.4. The van der Waals surface area contributed by atoms with Gasteiger partial charge in [-0.2, -0.15) is 5.26 Å². The molecule has 0 aliphatic heterocycles. The molecular formula is C22H21ClN2O3. The molecular weight excluding hydrogens is 376 g/mol. The Morgan fingerprint density at radius 3 is 2.68 bits per heavy atom. The second kappa shape index (κ2) is 9.63. The number of hydrogen-bond donors (Lipinski definition) is 1. The van der Waals surface area contributed by atoms with Crippen LogP contribution in [-0.4, -0.2) is 20.1 Å². The van der Waals surface area contributed by atoms with E-state index in [-0.39, 0.29) is 5.57 Å². The first kappa shape index (κ1) is 21.1. The Balaban J connectivity index is 2.41. The maximum atomic E-state index is 12.6. The lowest BCUT2D eigenvalue weighted by molar-refractivity contribution is -0.112. The number of halogens is 1. The average molecular weight is 397 g/mol. The summed E-state index contributed by atoms with van der Waals surface area (Å²) in [5, 5.41) is 12.7. The van der Waals surface area contributed by atoms with Gasteiger partial charge in [0.25, 0.3) is 5.91 Å². The summed E-state index contributed by atoms with van der Waals surface area (Å²) in [6, 6.07) is 10.7. The van der Waals surface area contributed by atoms with Crippen molar-refractivity contribution in [3.05, 3.63) is 70.3 Å². The second-order valence-corrected chi connectivity index (χ2v) is 6.35. The number of rotatable bonds is 7. The SMILES string of the molecule is C=CCc1cc(/C=C(\C#N)C(=O)Nc2cccc(Cl)c2C)cc(OC)c1OC. The van der Waals surface area contributed by atoms with Gasteiger partial charge in [-0.15, -0.1) is 6.58 Å². The fourth-order valence-electron chi connectivity index (χ4n) is 2.71. The molecule has 2 aromatic rings. The van der Waals surface area contributed by atoms with Crippen molar-refractivity contribution in [1.82, 2.24) is 0 Å². The van der Waals surface area contributed by atoms with Crippen LogP contribution in [0.4, 0.5) is 5.69 Å².